The zero-order valence-electron chi connectivity index (χ0n) is 14.8. The van der Waals surface area contributed by atoms with E-state index < -0.39 is 19.9 Å². The maximum atomic E-state index is 13.1. The second kappa shape index (κ2) is 6.47. The number of benzene rings is 2. The third-order valence-electron chi connectivity index (χ3n) is 5.05. The third-order valence-corrected chi connectivity index (χ3v) is 8.66. The lowest BCUT2D eigenvalue weighted by molar-refractivity contribution is 0.391. The fraction of sp³-hybridized carbons (Fsp3) is 0.263. The van der Waals surface area contributed by atoms with Crippen LogP contribution < -0.4 is 0 Å². The lowest BCUT2D eigenvalue weighted by atomic mass is 10.1. The number of sulfonamides is 1. The summed E-state index contributed by atoms with van der Waals surface area (Å²) in [6, 6.07) is 13.4. The summed E-state index contributed by atoms with van der Waals surface area (Å²) in [7, 11) is -7.05. The number of rotatable bonds is 4. The van der Waals surface area contributed by atoms with Crippen molar-refractivity contribution in [2.75, 3.05) is 12.3 Å². The molecule has 0 radical (unpaired) electrons. The van der Waals surface area contributed by atoms with Crippen molar-refractivity contribution in [1.82, 2.24) is 9.29 Å². The number of para-hydroxylation sites is 1. The molecule has 0 bridgehead atoms. The van der Waals surface area contributed by atoms with Gasteiger partial charge in [0.15, 0.2) is 9.84 Å². The first-order valence-electron chi connectivity index (χ1n) is 8.74. The van der Waals surface area contributed by atoms with Crippen molar-refractivity contribution < 1.29 is 16.8 Å². The molecule has 0 amide bonds. The SMILES string of the molecule is CCS(=O)(=O)c1ccc(S(=O)(=O)N2CCc3[nH]c4ccccc4c3C2)cc1. The normalized spacial score (nSPS) is 15.7. The third kappa shape index (κ3) is 3.07. The van der Waals surface area contributed by atoms with Crippen molar-refractivity contribution in [3.63, 3.8) is 0 Å². The molecule has 27 heavy (non-hydrogen) atoms. The van der Waals surface area contributed by atoms with Crippen molar-refractivity contribution in [2.45, 2.75) is 29.7 Å². The molecule has 0 aliphatic carbocycles. The van der Waals surface area contributed by atoms with Gasteiger partial charge in [0.2, 0.25) is 10.0 Å². The number of nitrogens with one attached hydrogen (secondary N) is 1. The van der Waals surface area contributed by atoms with Crippen LogP contribution in [0.5, 0.6) is 0 Å². The highest BCUT2D eigenvalue weighted by atomic mass is 32.2. The van der Waals surface area contributed by atoms with Crippen LogP contribution in [0.4, 0.5) is 0 Å². The van der Waals surface area contributed by atoms with E-state index in [-0.39, 0.29) is 15.5 Å². The van der Waals surface area contributed by atoms with E-state index in [0.717, 1.165) is 22.2 Å². The summed E-state index contributed by atoms with van der Waals surface area (Å²) < 4.78 is 51.4. The van der Waals surface area contributed by atoms with Crippen LogP contribution >= 0.6 is 0 Å². The molecule has 0 saturated carbocycles. The predicted molar refractivity (Wildman–Crippen MR) is 104 cm³/mol. The Morgan fingerprint density at radius 3 is 2.33 bits per heavy atom. The van der Waals surface area contributed by atoms with E-state index in [0.29, 0.717) is 19.5 Å². The molecule has 0 fully saturated rings. The van der Waals surface area contributed by atoms with Crippen LogP contribution in [0.1, 0.15) is 18.2 Å². The molecule has 0 atom stereocenters. The van der Waals surface area contributed by atoms with E-state index in [1.165, 1.54) is 28.6 Å². The Morgan fingerprint density at radius 2 is 1.63 bits per heavy atom. The van der Waals surface area contributed by atoms with Crippen molar-refractivity contribution >= 4 is 30.8 Å². The molecule has 0 saturated heterocycles. The number of fused-ring (bicyclic) bond motifs is 3. The maximum Gasteiger partial charge on any atom is 0.243 e. The van der Waals surface area contributed by atoms with Gasteiger partial charge >= 0.3 is 0 Å². The van der Waals surface area contributed by atoms with Gasteiger partial charge < -0.3 is 4.98 Å². The van der Waals surface area contributed by atoms with E-state index in [4.69, 9.17) is 0 Å². The van der Waals surface area contributed by atoms with Crippen LogP contribution in [-0.4, -0.2) is 38.4 Å². The van der Waals surface area contributed by atoms with Crippen LogP contribution in [0.3, 0.4) is 0 Å². The van der Waals surface area contributed by atoms with Gasteiger partial charge in [0.1, 0.15) is 0 Å². The molecule has 8 heteroatoms. The highest BCUT2D eigenvalue weighted by Gasteiger charge is 2.30. The van der Waals surface area contributed by atoms with Gasteiger partial charge in [-0.2, -0.15) is 4.31 Å². The monoisotopic (exact) mass is 404 g/mol. The Kier molecular flexibility index (Phi) is 4.37. The van der Waals surface area contributed by atoms with Gasteiger partial charge in [-0.25, -0.2) is 16.8 Å². The summed E-state index contributed by atoms with van der Waals surface area (Å²) in [5, 5.41) is 1.04. The van der Waals surface area contributed by atoms with Gasteiger partial charge in [0, 0.05) is 36.1 Å². The van der Waals surface area contributed by atoms with E-state index in [9.17, 15) is 16.8 Å². The molecule has 2 aromatic carbocycles. The van der Waals surface area contributed by atoms with Gasteiger partial charge in [-0.1, -0.05) is 25.1 Å². The maximum absolute atomic E-state index is 13.1. The zero-order chi connectivity index (χ0) is 19.2. The largest absolute Gasteiger partial charge is 0.358 e. The van der Waals surface area contributed by atoms with E-state index in [1.807, 2.05) is 24.3 Å². The van der Waals surface area contributed by atoms with Crippen LogP contribution in [0, 0.1) is 0 Å². The molecule has 0 spiro atoms. The number of hydrogen-bond acceptors (Lipinski definition) is 4. The summed E-state index contributed by atoms with van der Waals surface area (Å²) >= 11 is 0. The second-order valence-corrected chi connectivity index (χ2v) is 10.8. The molecule has 6 nitrogen and oxygen atoms in total. The highest BCUT2D eigenvalue weighted by Crippen LogP contribution is 2.30. The van der Waals surface area contributed by atoms with Crippen LogP contribution in [0.15, 0.2) is 58.3 Å². The van der Waals surface area contributed by atoms with E-state index in [1.54, 1.807) is 6.92 Å². The smallest absolute Gasteiger partial charge is 0.243 e. The van der Waals surface area contributed by atoms with Crippen molar-refractivity contribution in [1.29, 1.82) is 0 Å². The minimum atomic E-state index is -3.70. The average molecular weight is 405 g/mol. The molecular weight excluding hydrogens is 384 g/mol. The van der Waals surface area contributed by atoms with Crippen LogP contribution in [-0.2, 0) is 32.8 Å². The number of hydrogen-bond donors (Lipinski definition) is 1. The first-order chi connectivity index (χ1) is 12.8. The van der Waals surface area contributed by atoms with Gasteiger partial charge in [0.25, 0.3) is 0 Å². The summed E-state index contributed by atoms with van der Waals surface area (Å²) in [5.74, 6) is -0.0193. The van der Waals surface area contributed by atoms with Gasteiger partial charge in [0.05, 0.1) is 15.5 Å². The molecule has 1 N–H and O–H groups in total. The van der Waals surface area contributed by atoms with E-state index >= 15 is 0 Å². The first kappa shape index (κ1) is 18.2. The van der Waals surface area contributed by atoms with Gasteiger partial charge in [-0.15, -0.1) is 0 Å². The summed E-state index contributed by atoms with van der Waals surface area (Å²) in [5.41, 5.74) is 3.09. The molecular formula is C19H20N2O4S2. The number of H-pyrrole nitrogens is 1. The van der Waals surface area contributed by atoms with E-state index in [2.05, 4.69) is 4.98 Å². The molecule has 142 valence electrons. The fourth-order valence-corrected chi connectivity index (χ4v) is 5.77. The lowest BCUT2D eigenvalue weighted by Crippen LogP contribution is -2.35. The van der Waals surface area contributed by atoms with Gasteiger partial charge in [-0.05, 0) is 35.9 Å². The average Bonchev–Trinajstić information content (AvgIpc) is 3.06. The summed E-state index contributed by atoms with van der Waals surface area (Å²) in [6.45, 7) is 2.25. The van der Waals surface area contributed by atoms with Crippen molar-refractivity contribution in [2.24, 2.45) is 0 Å². The van der Waals surface area contributed by atoms with Crippen LogP contribution in [0.2, 0.25) is 0 Å². The van der Waals surface area contributed by atoms with Crippen molar-refractivity contribution in [3.05, 3.63) is 59.8 Å². The highest BCUT2D eigenvalue weighted by molar-refractivity contribution is 7.91. The number of nitrogens with zero attached hydrogens (tertiary/aromatic N) is 1. The summed E-state index contributed by atoms with van der Waals surface area (Å²) in [6.07, 6.45) is 0.617. The summed E-state index contributed by atoms with van der Waals surface area (Å²) in [4.78, 5) is 3.62. The number of aromatic nitrogens is 1. The Labute approximate surface area is 158 Å². The number of aromatic amines is 1. The molecule has 3 aromatic rings. The Balaban J connectivity index is 1.67. The first-order valence-corrected chi connectivity index (χ1v) is 11.8. The Morgan fingerprint density at radius 1 is 0.963 bits per heavy atom. The lowest BCUT2D eigenvalue weighted by Gasteiger charge is -2.26. The second-order valence-electron chi connectivity index (χ2n) is 6.59. The minimum Gasteiger partial charge on any atom is -0.358 e. The molecule has 0 unspecified atom stereocenters. The molecule has 2 heterocycles. The van der Waals surface area contributed by atoms with Crippen LogP contribution in [0.25, 0.3) is 10.9 Å². The minimum absolute atomic E-state index is 0.0193. The Bertz CT molecular complexity index is 1210. The quantitative estimate of drug-likeness (QED) is 0.724. The molecule has 1 aromatic heterocycles. The molecule has 4 rings (SSSR count). The van der Waals surface area contributed by atoms with Gasteiger partial charge in [-0.3, -0.25) is 0 Å². The molecule has 1 aliphatic heterocycles. The topological polar surface area (TPSA) is 87.3 Å². The fourth-order valence-electron chi connectivity index (χ4n) is 3.48. The molecule has 1 aliphatic rings. The standard InChI is InChI=1S/C19H20N2O4S2/c1-2-26(22,23)14-7-9-15(10-8-14)27(24,25)21-12-11-19-17(13-21)16-5-3-4-6-18(16)20-19/h3-10,20H,2,11-13H2,1H3. The number of sulfone groups is 1. The Hall–Kier alpha value is -2.16. The zero-order valence-corrected chi connectivity index (χ0v) is 16.5. The predicted octanol–water partition coefficient (Wildman–Crippen LogP) is 2.71. The van der Waals surface area contributed by atoms with Crippen molar-refractivity contribution in [3.8, 4) is 0 Å².